The molecule has 0 atom stereocenters. The van der Waals surface area contributed by atoms with Crippen LogP contribution < -0.4 is 15.8 Å². The van der Waals surface area contributed by atoms with Gasteiger partial charge in [-0.1, -0.05) is 6.07 Å². The molecule has 6 heteroatoms. The first-order chi connectivity index (χ1) is 10.6. The first kappa shape index (κ1) is 15.1. The van der Waals surface area contributed by atoms with E-state index in [9.17, 15) is 9.59 Å². The molecule has 2 aromatic carbocycles. The highest BCUT2D eigenvalue weighted by Crippen LogP contribution is 2.14. The van der Waals surface area contributed by atoms with Crippen LogP contribution in [0.15, 0.2) is 48.5 Å². The molecule has 0 aliphatic carbocycles. The van der Waals surface area contributed by atoms with Crippen molar-refractivity contribution in [2.24, 2.45) is 5.73 Å². The number of nitrogens with zero attached hydrogens (tertiary/aromatic N) is 1. The maximum atomic E-state index is 12.0. The van der Waals surface area contributed by atoms with Crippen molar-refractivity contribution in [1.82, 2.24) is 0 Å². The lowest BCUT2D eigenvalue weighted by atomic mass is 10.1. The summed E-state index contributed by atoms with van der Waals surface area (Å²) in [6.07, 6.45) is 0. The highest BCUT2D eigenvalue weighted by molar-refractivity contribution is 5.98. The number of carbonyl (C=O) groups excluding carboxylic acids is 2. The van der Waals surface area contributed by atoms with Crippen molar-refractivity contribution in [3.8, 4) is 11.8 Å². The SMILES string of the molecule is N#Cc1cccc(OCC(=O)c2ccc(NC(N)=O)cc2)c1. The average Bonchev–Trinajstić information content (AvgIpc) is 2.53. The minimum absolute atomic E-state index is 0.141. The first-order valence-corrected chi connectivity index (χ1v) is 6.41. The zero-order valence-corrected chi connectivity index (χ0v) is 11.6. The van der Waals surface area contributed by atoms with Crippen molar-refractivity contribution < 1.29 is 14.3 Å². The number of ether oxygens (including phenoxy) is 1. The van der Waals surface area contributed by atoms with Crippen LogP contribution in [0.2, 0.25) is 0 Å². The Morgan fingerprint density at radius 1 is 1.18 bits per heavy atom. The summed E-state index contributed by atoms with van der Waals surface area (Å²) < 4.78 is 5.37. The van der Waals surface area contributed by atoms with Crippen molar-refractivity contribution in [3.63, 3.8) is 0 Å². The molecule has 0 aliphatic rings. The number of hydrogen-bond donors (Lipinski definition) is 2. The fourth-order valence-electron chi connectivity index (χ4n) is 1.77. The number of ketones is 1. The summed E-state index contributed by atoms with van der Waals surface area (Å²) in [7, 11) is 0. The second-order valence-electron chi connectivity index (χ2n) is 4.42. The minimum Gasteiger partial charge on any atom is -0.485 e. The van der Waals surface area contributed by atoms with Gasteiger partial charge in [0.15, 0.2) is 12.4 Å². The van der Waals surface area contributed by atoms with Gasteiger partial charge in [0, 0.05) is 11.3 Å². The standard InChI is InChI=1S/C16H13N3O3/c17-9-11-2-1-3-14(8-11)22-10-15(20)12-4-6-13(7-5-12)19-16(18)21/h1-8H,10H2,(H3,18,19,21). The highest BCUT2D eigenvalue weighted by atomic mass is 16.5. The number of primary amides is 1. The molecule has 0 heterocycles. The van der Waals surface area contributed by atoms with Crippen LogP contribution in [0, 0.1) is 11.3 Å². The number of nitriles is 1. The average molecular weight is 295 g/mol. The zero-order chi connectivity index (χ0) is 15.9. The monoisotopic (exact) mass is 295 g/mol. The third-order valence-corrected chi connectivity index (χ3v) is 2.81. The van der Waals surface area contributed by atoms with Crippen LogP contribution in [-0.2, 0) is 0 Å². The molecule has 0 saturated heterocycles. The molecule has 0 unspecified atom stereocenters. The van der Waals surface area contributed by atoms with Gasteiger partial charge in [0.05, 0.1) is 11.6 Å². The van der Waals surface area contributed by atoms with Gasteiger partial charge in [-0.15, -0.1) is 0 Å². The van der Waals surface area contributed by atoms with Gasteiger partial charge in [-0.3, -0.25) is 4.79 Å². The third kappa shape index (κ3) is 4.08. The van der Waals surface area contributed by atoms with E-state index < -0.39 is 6.03 Å². The molecule has 0 aliphatic heterocycles. The first-order valence-electron chi connectivity index (χ1n) is 6.41. The summed E-state index contributed by atoms with van der Waals surface area (Å²) in [5.74, 6) is 0.243. The van der Waals surface area contributed by atoms with Gasteiger partial charge in [-0.2, -0.15) is 5.26 Å². The molecule has 0 radical (unpaired) electrons. The molecule has 22 heavy (non-hydrogen) atoms. The molecule has 0 spiro atoms. The van der Waals surface area contributed by atoms with E-state index in [1.54, 1.807) is 48.5 Å². The second kappa shape index (κ2) is 6.90. The van der Waals surface area contributed by atoms with Gasteiger partial charge >= 0.3 is 6.03 Å². The fraction of sp³-hybridized carbons (Fsp3) is 0.0625. The number of carbonyl (C=O) groups is 2. The fourth-order valence-corrected chi connectivity index (χ4v) is 1.77. The Balaban J connectivity index is 1.97. The number of urea groups is 1. The van der Waals surface area contributed by atoms with Crippen molar-refractivity contribution >= 4 is 17.5 Å². The molecular weight excluding hydrogens is 282 g/mol. The van der Waals surface area contributed by atoms with Gasteiger partial charge in [-0.25, -0.2) is 4.79 Å². The van der Waals surface area contributed by atoms with Crippen LogP contribution in [0.3, 0.4) is 0 Å². The van der Waals surface area contributed by atoms with E-state index in [-0.39, 0.29) is 12.4 Å². The van der Waals surface area contributed by atoms with Crippen LogP contribution >= 0.6 is 0 Å². The number of hydrogen-bond acceptors (Lipinski definition) is 4. The predicted molar refractivity (Wildman–Crippen MR) is 80.6 cm³/mol. The van der Waals surface area contributed by atoms with Crippen LogP contribution in [0.1, 0.15) is 15.9 Å². The Labute approximate surface area is 127 Å². The minimum atomic E-state index is -0.667. The predicted octanol–water partition coefficient (Wildman–Crippen LogP) is 2.31. The summed E-state index contributed by atoms with van der Waals surface area (Å²) in [5.41, 5.74) is 6.42. The van der Waals surface area contributed by atoms with Crippen molar-refractivity contribution in [2.45, 2.75) is 0 Å². The summed E-state index contributed by atoms with van der Waals surface area (Å²) in [6, 6.07) is 14.2. The van der Waals surface area contributed by atoms with E-state index >= 15 is 0 Å². The Morgan fingerprint density at radius 2 is 1.91 bits per heavy atom. The quantitative estimate of drug-likeness (QED) is 0.825. The van der Waals surface area contributed by atoms with Gasteiger partial charge < -0.3 is 15.8 Å². The van der Waals surface area contributed by atoms with E-state index in [1.807, 2.05) is 6.07 Å². The highest BCUT2D eigenvalue weighted by Gasteiger charge is 2.07. The van der Waals surface area contributed by atoms with Crippen molar-refractivity contribution in [3.05, 3.63) is 59.7 Å². The van der Waals surface area contributed by atoms with Crippen molar-refractivity contribution in [1.29, 1.82) is 5.26 Å². The molecule has 0 fully saturated rings. The lowest BCUT2D eigenvalue weighted by Crippen LogP contribution is -2.19. The maximum Gasteiger partial charge on any atom is 0.316 e. The molecule has 0 bridgehead atoms. The van der Waals surface area contributed by atoms with E-state index in [0.717, 1.165) is 0 Å². The number of anilines is 1. The third-order valence-electron chi connectivity index (χ3n) is 2.81. The van der Waals surface area contributed by atoms with E-state index in [0.29, 0.717) is 22.6 Å². The molecule has 3 N–H and O–H groups in total. The van der Waals surface area contributed by atoms with Crippen LogP contribution in [0.25, 0.3) is 0 Å². The smallest absolute Gasteiger partial charge is 0.316 e. The number of nitrogens with two attached hydrogens (primary N) is 1. The zero-order valence-electron chi connectivity index (χ0n) is 11.6. The van der Waals surface area contributed by atoms with Crippen LogP contribution in [0.4, 0.5) is 10.5 Å². The Hall–Kier alpha value is -3.33. The molecule has 2 aromatic rings. The van der Waals surface area contributed by atoms with Gasteiger partial charge in [0.1, 0.15) is 5.75 Å². The molecule has 2 amide bonds. The number of amides is 2. The van der Waals surface area contributed by atoms with Gasteiger partial charge in [-0.05, 0) is 42.5 Å². The Morgan fingerprint density at radius 3 is 2.55 bits per heavy atom. The molecule has 2 rings (SSSR count). The lowest BCUT2D eigenvalue weighted by Gasteiger charge is -2.07. The molecule has 110 valence electrons. The van der Waals surface area contributed by atoms with Gasteiger partial charge in [0.25, 0.3) is 0 Å². The topological polar surface area (TPSA) is 105 Å². The maximum absolute atomic E-state index is 12.0. The van der Waals surface area contributed by atoms with E-state index in [4.69, 9.17) is 15.7 Å². The Kier molecular flexibility index (Phi) is 4.73. The molecule has 0 saturated carbocycles. The largest absolute Gasteiger partial charge is 0.485 e. The normalized spacial score (nSPS) is 9.59. The number of rotatable bonds is 5. The molecule has 6 nitrogen and oxygen atoms in total. The molecule has 0 aromatic heterocycles. The Bertz CT molecular complexity index is 733. The molecular formula is C16H13N3O3. The summed E-state index contributed by atoms with van der Waals surface area (Å²) in [4.78, 5) is 22.7. The summed E-state index contributed by atoms with van der Waals surface area (Å²) in [6.45, 7) is -0.141. The van der Waals surface area contributed by atoms with Crippen LogP contribution in [-0.4, -0.2) is 18.4 Å². The summed E-state index contributed by atoms with van der Waals surface area (Å²) >= 11 is 0. The van der Waals surface area contributed by atoms with Crippen molar-refractivity contribution in [2.75, 3.05) is 11.9 Å². The van der Waals surface area contributed by atoms with Gasteiger partial charge in [0.2, 0.25) is 0 Å². The van der Waals surface area contributed by atoms with Crippen LogP contribution in [0.5, 0.6) is 5.75 Å². The number of nitrogens with one attached hydrogen (secondary N) is 1. The van der Waals surface area contributed by atoms with E-state index in [1.165, 1.54) is 0 Å². The van der Waals surface area contributed by atoms with E-state index in [2.05, 4.69) is 5.32 Å². The summed E-state index contributed by atoms with van der Waals surface area (Å²) in [5, 5.41) is 11.2. The number of Topliss-reactive ketones (excluding diaryl/α,β-unsaturated/α-hetero) is 1. The number of benzene rings is 2. The lowest BCUT2D eigenvalue weighted by molar-refractivity contribution is 0.0921. The second-order valence-corrected chi connectivity index (χ2v) is 4.42.